The molecule has 0 atom stereocenters. The summed E-state index contributed by atoms with van der Waals surface area (Å²) < 4.78 is 0. The predicted octanol–water partition coefficient (Wildman–Crippen LogP) is 5.45. The summed E-state index contributed by atoms with van der Waals surface area (Å²) in [4.78, 5) is 0. The highest BCUT2D eigenvalue weighted by Crippen LogP contribution is 2.35. The summed E-state index contributed by atoms with van der Waals surface area (Å²) in [6.07, 6.45) is 12.6. The Hall–Kier alpha value is -2.00. The molecule has 3 heteroatoms. The van der Waals surface area contributed by atoms with E-state index in [9.17, 15) is 10.4 Å². The molecule has 0 aliphatic heterocycles. The molecule has 0 radical (unpaired) electrons. The van der Waals surface area contributed by atoms with Crippen LogP contribution in [0.1, 0.15) is 81.4 Å². The first kappa shape index (κ1) is 18.3. The number of aryl methyl sites for hydroxylation is 1. The average Bonchev–Trinajstić information content (AvgIpc) is 2.61. The lowest BCUT2D eigenvalue weighted by Gasteiger charge is -2.28. The van der Waals surface area contributed by atoms with Gasteiger partial charge in [-0.1, -0.05) is 64.4 Å². The van der Waals surface area contributed by atoms with E-state index in [0.29, 0.717) is 5.56 Å². The van der Waals surface area contributed by atoms with Gasteiger partial charge in [0, 0.05) is 0 Å². The molecule has 0 saturated heterocycles. The molecular weight excluding hydrogens is 296 g/mol. The van der Waals surface area contributed by atoms with Crippen molar-refractivity contribution in [2.75, 3.05) is 0 Å². The third-order valence-corrected chi connectivity index (χ3v) is 5.50. The van der Waals surface area contributed by atoms with Gasteiger partial charge in [-0.05, 0) is 36.3 Å². The van der Waals surface area contributed by atoms with E-state index >= 15 is 0 Å². The Morgan fingerprint density at radius 2 is 1.58 bits per heavy atom. The predicted molar refractivity (Wildman–Crippen MR) is 95.4 cm³/mol. The van der Waals surface area contributed by atoms with Crippen LogP contribution in [0, 0.1) is 34.5 Å². The van der Waals surface area contributed by atoms with E-state index in [2.05, 4.69) is 13.0 Å². The van der Waals surface area contributed by atoms with Gasteiger partial charge in [-0.3, -0.25) is 0 Å². The van der Waals surface area contributed by atoms with Gasteiger partial charge in [0.1, 0.15) is 23.5 Å². The van der Waals surface area contributed by atoms with Crippen molar-refractivity contribution in [3.8, 4) is 17.9 Å². The van der Waals surface area contributed by atoms with Crippen molar-refractivity contribution in [1.29, 1.82) is 10.5 Å². The fraction of sp³-hybridized carbons (Fsp3) is 0.619. The highest BCUT2D eigenvalue weighted by atomic mass is 16.3. The minimum atomic E-state index is -0.0922. The van der Waals surface area contributed by atoms with Gasteiger partial charge in [0.2, 0.25) is 0 Å². The number of nitriles is 2. The van der Waals surface area contributed by atoms with Crippen molar-refractivity contribution in [3.63, 3.8) is 0 Å². The minimum absolute atomic E-state index is 0.0922. The molecule has 1 aromatic carbocycles. The van der Waals surface area contributed by atoms with Crippen molar-refractivity contribution in [2.45, 2.75) is 71.1 Å². The Bertz CT molecular complexity index is 616. The zero-order valence-corrected chi connectivity index (χ0v) is 14.7. The second-order valence-corrected chi connectivity index (χ2v) is 7.14. The van der Waals surface area contributed by atoms with Crippen LogP contribution in [0.5, 0.6) is 5.75 Å². The van der Waals surface area contributed by atoms with Crippen molar-refractivity contribution in [1.82, 2.24) is 0 Å². The minimum Gasteiger partial charge on any atom is -0.507 e. The van der Waals surface area contributed by atoms with E-state index in [-0.39, 0.29) is 11.3 Å². The molecule has 1 aliphatic carbocycles. The van der Waals surface area contributed by atoms with Crippen LogP contribution >= 0.6 is 0 Å². The van der Waals surface area contributed by atoms with E-state index in [0.717, 1.165) is 30.2 Å². The van der Waals surface area contributed by atoms with Crippen molar-refractivity contribution in [3.05, 3.63) is 28.8 Å². The Balaban J connectivity index is 1.85. The number of hydrogen-bond acceptors (Lipinski definition) is 3. The molecular formula is C21H28N2O. The lowest BCUT2D eigenvalue weighted by Crippen LogP contribution is -2.15. The number of hydrogen-bond donors (Lipinski definition) is 1. The molecule has 128 valence electrons. The van der Waals surface area contributed by atoms with Gasteiger partial charge in [0.15, 0.2) is 0 Å². The second kappa shape index (κ2) is 9.33. The Morgan fingerprint density at radius 1 is 0.958 bits per heavy atom. The molecule has 24 heavy (non-hydrogen) atoms. The van der Waals surface area contributed by atoms with E-state index in [4.69, 9.17) is 5.26 Å². The first-order valence-corrected chi connectivity index (χ1v) is 9.34. The van der Waals surface area contributed by atoms with E-state index in [1.54, 1.807) is 12.1 Å². The molecule has 0 spiro atoms. The number of unbranched alkanes of at least 4 members (excludes halogenated alkanes) is 2. The monoisotopic (exact) mass is 324 g/mol. The molecule has 1 fully saturated rings. The van der Waals surface area contributed by atoms with Crippen LogP contribution in [0.4, 0.5) is 0 Å². The quantitative estimate of drug-likeness (QED) is 0.678. The second-order valence-electron chi connectivity index (χ2n) is 7.14. The fourth-order valence-electron chi connectivity index (χ4n) is 3.94. The summed E-state index contributed by atoms with van der Waals surface area (Å²) in [7, 11) is 0. The largest absolute Gasteiger partial charge is 0.507 e. The zero-order valence-electron chi connectivity index (χ0n) is 14.7. The topological polar surface area (TPSA) is 67.8 Å². The molecule has 1 N–H and O–H groups in total. The third-order valence-electron chi connectivity index (χ3n) is 5.50. The number of phenols is 1. The average molecular weight is 324 g/mol. The molecule has 1 saturated carbocycles. The van der Waals surface area contributed by atoms with Gasteiger partial charge in [0.05, 0.1) is 5.56 Å². The van der Waals surface area contributed by atoms with Crippen LogP contribution in [-0.4, -0.2) is 5.11 Å². The maximum absolute atomic E-state index is 9.71. The summed E-state index contributed by atoms with van der Waals surface area (Å²) in [5, 5.41) is 28.2. The summed E-state index contributed by atoms with van der Waals surface area (Å²) >= 11 is 0. The Kier molecular flexibility index (Phi) is 7.13. The molecule has 0 amide bonds. The fourth-order valence-corrected chi connectivity index (χ4v) is 3.94. The highest BCUT2D eigenvalue weighted by Gasteiger charge is 2.21. The molecule has 3 nitrogen and oxygen atoms in total. The smallest absolute Gasteiger partial charge is 0.134 e. The van der Waals surface area contributed by atoms with Crippen LogP contribution in [-0.2, 0) is 6.42 Å². The molecule has 0 heterocycles. The van der Waals surface area contributed by atoms with Gasteiger partial charge in [-0.2, -0.15) is 10.5 Å². The van der Waals surface area contributed by atoms with Crippen LogP contribution in [0.15, 0.2) is 12.1 Å². The number of phenolic OH excluding ortho intramolecular Hbond substituents is 1. The molecule has 1 aromatic rings. The maximum atomic E-state index is 9.71. The van der Waals surface area contributed by atoms with Gasteiger partial charge in [-0.25, -0.2) is 0 Å². The number of rotatable bonds is 7. The molecule has 1 aliphatic rings. The van der Waals surface area contributed by atoms with Crippen molar-refractivity contribution in [2.24, 2.45) is 11.8 Å². The molecule has 0 bridgehead atoms. The standard InChI is InChI=1S/C21H28N2O/c1-2-3-4-5-16-6-8-17(9-7-16)10-11-18-12-13-21(24)20(15-23)19(18)14-22/h12-13,16-17,24H,2-11H2,1H3. The van der Waals surface area contributed by atoms with Gasteiger partial charge < -0.3 is 5.11 Å². The lowest BCUT2D eigenvalue weighted by atomic mass is 9.77. The lowest BCUT2D eigenvalue weighted by molar-refractivity contribution is 0.249. The van der Waals surface area contributed by atoms with Crippen LogP contribution in [0.3, 0.4) is 0 Å². The van der Waals surface area contributed by atoms with E-state index in [1.807, 2.05) is 6.07 Å². The number of benzene rings is 1. The Morgan fingerprint density at radius 3 is 2.17 bits per heavy atom. The van der Waals surface area contributed by atoms with Crippen LogP contribution in [0.25, 0.3) is 0 Å². The van der Waals surface area contributed by atoms with E-state index in [1.165, 1.54) is 51.4 Å². The van der Waals surface area contributed by atoms with Gasteiger partial charge in [0.25, 0.3) is 0 Å². The Labute approximate surface area is 145 Å². The summed E-state index contributed by atoms with van der Waals surface area (Å²) in [5.74, 6) is 1.56. The van der Waals surface area contributed by atoms with Gasteiger partial charge in [-0.15, -0.1) is 0 Å². The number of aromatic hydroxyl groups is 1. The summed E-state index contributed by atoms with van der Waals surface area (Å²) in [5.41, 5.74) is 1.37. The van der Waals surface area contributed by atoms with Crippen molar-refractivity contribution < 1.29 is 5.11 Å². The van der Waals surface area contributed by atoms with Gasteiger partial charge >= 0.3 is 0 Å². The maximum Gasteiger partial charge on any atom is 0.134 e. The first-order chi connectivity index (χ1) is 11.7. The van der Waals surface area contributed by atoms with Crippen molar-refractivity contribution >= 4 is 0 Å². The SMILES string of the molecule is CCCCCC1CCC(CCc2ccc(O)c(C#N)c2C#N)CC1. The zero-order chi connectivity index (χ0) is 17.4. The highest BCUT2D eigenvalue weighted by molar-refractivity contribution is 5.57. The van der Waals surface area contributed by atoms with Crippen LogP contribution in [0.2, 0.25) is 0 Å². The number of nitrogens with zero attached hydrogens (tertiary/aromatic N) is 2. The van der Waals surface area contributed by atoms with E-state index < -0.39 is 0 Å². The molecule has 0 unspecified atom stereocenters. The molecule has 2 rings (SSSR count). The summed E-state index contributed by atoms with van der Waals surface area (Å²) in [6.45, 7) is 2.26. The molecule has 0 aromatic heterocycles. The first-order valence-electron chi connectivity index (χ1n) is 9.34. The third kappa shape index (κ3) is 4.75. The summed E-state index contributed by atoms with van der Waals surface area (Å²) in [6, 6.07) is 7.39. The van der Waals surface area contributed by atoms with Crippen LogP contribution < -0.4 is 0 Å². The normalized spacial score (nSPS) is 20.3.